The van der Waals surface area contributed by atoms with Crippen molar-refractivity contribution in [2.75, 3.05) is 9.80 Å². The van der Waals surface area contributed by atoms with Crippen molar-refractivity contribution in [2.24, 2.45) is 5.92 Å². The van der Waals surface area contributed by atoms with Gasteiger partial charge in [0, 0.05) is 67.7 Å². The van der Waals surface area contributed by atoms with Crippen LogP contribution in [0.3, 0.4) is 0 Å². The van der Waals surface area contributed by atoms with Crippen molar-refractivity contribution in [2.45, 2.75) is 38.0 Å². The van der Waals surface area contributed by atoms with Crippen LogP contribution in [0.15, 0.2) is 277 Å². The van der Waals surface area contributed by atoms with E-state index in [9.17, 15) is 0 Å². The molecule has 0 saturated heterocycles. The smallest absolute Gasteiger partial charge is 0.213 e. The molecule has 3 aromatic heterocycles. The molecule has 0 N–H and O–H groups in total. The predicted octanol–water partition coefficient (Wildman–Crippen LogP) is 20.6. The molecule has 2 unspecified atom stereocenters. The highest BCUT2D eigenvalue weighted by Crippen LogP contribution is 2.63. The SMILES string of the molecule is CC1CC=CC=C1N1c2ccccc2C2(c3ccccc3-c3ccccc32)c2cc(-c3ccc(N(c4ccc(-c5nc(-c6ccccc6)c6c(n5)C(C)CC=C6)cc4)c4ccc5c6c7ccccc7oc6n(-c6ccccc6)c5c4)cc3)ccc21. The molecule has 2 atom stereocenters. The molecule has 0 bridgehead atoms. The first-order valence-corrected chi connectivity index (χ1v) is 29.8. The number of rotatable bonds is 8. The number of hydrogen-bond donors (Lipinski definition) is 0. The molecule has 3 aliphatic carbocycles. The van der Waals surface area contributed by atoms with Gasteiger partial charge in [0.25, 0.3) is 0 Å². The van der Waals surface area contributed by atoms with Gasteiger partial charge in [-0.25, -0.2) is 9.97 Å². The fourth-order valence-corrected chi connectivity index (χ4v) is 14.5. The Morgan fingerprint density at radius 2 is 1.12 bits per heavy atom. The highest BCUT2D eigenvalue weighted by Gasteiger charge is 2.52. The van der Waals surface area contributed by atoms with Crippen LogP contribution in [0.1, 0.15) is 66.1 Å². The fraction of sp³-hybridized carbons (Fsp3) is 0.0886. The van der Waals surface area contributed by atoms with Crippen molar-refractivity contribution in [1.82, 2.24) is 14.5 Å². The molecule has 0 radical (unpaired) electrons. The summed E-state index contributed by atoms with van der Waals surface area (Å²) >= 11 is 0. The first kappa shape index (κ1) is 49.1. The summed E-state index contributed by atoms with van der Waals surface area (Å²) in [6, 6.07) is 88.9. The van der Waals surface area contributed by atoms with E-state index < -0.39 is 5.41 Å². The first-order valence-electron chi connectivity index (χ1n) is 29.8. The second-order valence-electron chi connectivity index (χ2n) is 23.3. The zero-order valence-electron chi connectivity index (χ0n) is 47.2. The van der Waals surface area contributed by atoms with Crippen molar-refractivity contribution >= 4 is 67.5 Å². The molecular weight excluding hydrogens is 1030 g/mol. The summed E-state index contributed by atoms with van der Waals surface area (Å²) in [6.07, 6.45) is 13.3. The molecule has 404 valence electrons. The van der Waals surface area contributed by atoms with Crippen molar-refractivity contribution in [1.29, 1.82) is 0 Å². The number of para-hydroxylation sites is 3. The topological polar surface area (TPSA) is 50.3 Å². The Morgan fingerprint density at radius 1 is 0.494 bits per heavy atom. The van der Waals surface area contributed by atoms with Gasteiger partial charge in [0.1, 0.15) is 5.58 Å². The van der Waals surface area contributed by atoms with E-state index >= 15 is 0 Å². The second kappa shape index (κ2) is 19.3. The molecule has 0 amide bonds. The number of hydrogen-bond acceptors (Lipinski definition) is 5. The van der Waals surface area contributed by atoms with Crippen LogP contribution in [0, 0.1) is 5.92 Å². The second-order valence-corrected chi connectivity index (χ2v) is 23.3. The van der Waals surface area contributed by atoms with Gasteiger partial charge in [-0.3, -0.25) is 4.57 Å². The Labute approximate surface area is 494 Å². The molecular formula is C79H57N5O. The van der Waals surface area contributed by atoms with Gasteiger partial charge in [-0.15, -0.1) is 0 Å². The van der Waals surface area contributed by atoms with Gasteiger partial charge >= 0.3 is 0 Å². The van der Waals surface area contributed by atoms with E-state index in [1.54, 1.807) is 0 Å². The summed E-state index contributed by atoms with van der Waals surface area (Å²) in [6.45, 7) is 4.62. The third-order valence-corrected chi connectivity index (χ3v) is 18.4. The normalized spacial score (nSPS) is 16.1. The number of benzene rings is 10. The molecule has 85 heavy (non-hydrogen) atoms. The van der Waals surface area contributed by atoms with Crippen molar-refractivity contribution in [3.05, 3.63) is 306 Å². The zero-order valence-corrected chi connectivity index (χ0v) is 47.2. The minimum Gasteiger partial charge on any atom is -0.439 e. The van der Waals surface area contributed by atoms with E-state index in [0.29, 0.717) is 5.92 Å². The number of nitrogens with zero attached hydrogens (tertiary/aromatic N) is 5. The Bertz CT molecular complexity index is 4880. The number of furan rings is 1. The Hall–Kier alpha value is -10.6. The summed E-state index contributed by atoms with van der Waals surface area (Å²) in [5, 5.41) is 3.34. The molecule has 1 spiro atoms. The van der Waals surface area contributed by atoms with E-state index in [4.69, 9.17) is 14.4 Å². The van der Waals surface area contributed by atoms with E-state index in [0.717, 1.165) is 114 Å². The summed E-state index contributed by atoms with van der Waals surface area (Å²) in [5.74, 6) is 1.34. The Balaban J connectivity index is 0.835. The Morgan fingerprint density at radius 3 is 1.87 bits per heavy atom. The lowest BCUT2D eigenvalue weighted by molar-refractivity contribution is 0.645. The largest absolute Gasteiger partial charge is 0.439 e. The van der Waals surface area contributed by atoms with Crippen molar-refractivity contribution in [3.63, 3.8) is 0 Å². The van der Waals surface area contributed by atoms with Crippen LogP contribution in [0.25, 0.3) is 89.6 Å². The minimum absolute atomic E-state index is 0.276. The van der Waals surface area contributed by atoms with E-state index in [1.807, 2.05) is 6.07 Å². The lowest BCUT2D eigenvalue weighted by Gasteiger charge is -2.46. The molecule has 13 aromatic rings. The number of fused-ring (bicyclic) bond motifs is 15. The lowest BCUT2D eigenvalue weighted by Crippen LogP contribution is -2.38. The van der Waals surface area contributed by atoms with Crippen molar-refractivity contribution in [3.8, 4) is 50.6 Å². The summed E-state index contributed by atoms with van der Waals surface area (Å²) in [7, 11) is 0. The van der Waals surface area contributed by atoms with E-state index in [-0.39, 0.29) is 5.92 Å². The van der Waals surface area contributed by atoms with Crippen molar-refractivity contribution < 1.29 is 4.42 Å². The van der Waals surface area contributed by atoms with Crippen LogP contribution in [0.2, 0.25) is 0 Å². The number of anilines is 5. The quantitative estimate of drug-likeness (QED) is 0.152. The van der Waals surface area contributed by atoms with Crippen LogP contribution in [-0.2, 0) is 5.41 Å². The van der Waals surface area contributed by atoms with Gasteiger partial charge < -0.3 is 14.2 Å². The van der Waals surface area contributed by atoms with Crippen LogP contribution < -0.4 is 9.80 Å². The summed E-state index contributed by atoms with van der Waals surface area (Å²) in [4.78, 5) is 15.6. The van der Waals surface area contributed by atoms with Gasteiger partial charge in [0.05, 0.1) is 39.1 Å². The van der Waals surface area contributed by atoms with Gasteiger partial charge in [0.2, 0.25) is 5.71 Å². The lowest BCUT2D eigenvalue weighted by atomic mass is 9.64. The minimum atomic E-state index is -0.547. The first-order chi connectivity index (χ1) is 42.0. The molecule has 0 fully saturated rings. The van der Waals surface area contributed by atoms with E-state index in [1.165, 1.54) is 50.5 Å². The van der Waals surface area contributed by atoms with Crippen LogP contribution in [0.4, 0.5) is 28.4 Å². The maximum Gasteiger partial charge on any atom is 0.213 e. The summed E-state index contributed by atoms with van der Waals surface area (Å²) < 4.78 is 9.04. The monoisotopic (exact) mass is 1090 g/mol. The van der Waals surface area contributed by atoms with E-state index in [2.05, 4.69) is 295 Å². The Kier molecular flexibility index (Phi) is 11.1. The molecule has 4 aliphatic rings. The highest BCUT2D eigenvalue weighted by molar-refractivity contribution is 6.20. The van der Waals surface area contributed by atoms with Gasteiger partial charge in [-0.05, 0) is 154 Å². The predicted molar refractivity (Wildman–Crippen MR) is 350 cm³/mol. The third kappa shape index (κ3) is 7.44. The standard InChI is InChI=1S/C79H57N5O/c1-50-20-9-16-33-69(50)84-70-34-17-15-32-67(70)79(65-30-13-10-26-60(65)61-27-11-14-31-66(61)79)68-48-55(40-47-71(68)84)52-36-41-57(42-37-52)82(58-43-38-54(39-44-58)77-80-75-51(2)21-19-29-64(75)76(81-77)53-22-5-3-6-23-53)59-45-46-62-72(49-59)83(56-24-7-4-8-25-56)78-74(62)63-28-12-18-35-73(63)85-78/h3-19,22-51H,20-21H2,1-2H3. The highest BCUT2D eigenvalue weighted by atomic mass is 16.3. The number of aromatic nitrogens is 3. The molecule has 4 heterocycles. The number of allylic oxidation sites excluding steroid dienone is 5. The van der Waals surface area contributed by atoms with Crippen LogP contribution in [0.5, 0.6) is 0 Å². The van der Waals surface area contributed by atoms with Crippen LogP contribution in [-0.4, -0.2) is 14.5 Å². The van der Waals surface area contributed by atoms with Gasteiger partial charge in [0.15, 0.2) is 5.82 Å². The molecule has 6 heteroatoms. The zero-order chi connectivity index (χ0) is 56.3. The maximum absolute atomic E-state index is 6.77. The fourth-order valence-electron chi connectivity index (χ4n) is 14.5. The molecule has 6 nitrogen and oxygen atoms in total. The van der Waals surface area contributed by atoms with Gasteiger partial charge in [-0.2, -0.15) is 0 Å². The third-order valence-electron chi connectivity index (χ3n) is 18.4. The molecule has 10 aromatic carbocycles. The average Bonchev–Trinajstić information content (AvgIpc) is 1.67. The van der Waals surface area contributed by atoms with Crippen LogP contribution >= 0.6 is 0 Å². The molecule has 1 aliphatic heterocycles. The molecule has 17 rings (SSSR count). The average molecular weight is 1090 g/mol. The summed E-state index contributed by atoms with van der Waals surface area (Å²) in [5.41, 5.74) is 25.4. The maximum atomic E-state index is 6.77. The van der Waals surface area contributed by atoms with Gasteiger partial charge in [-0.1, -0.05) is 190 Å². The molecule has 0 saturated carbocycles.